The van der Waals surface area contributed by atoms with E-state index in [2.05, 4.69) is 0 Å². The fourth-order valence-electron chi connectivity index (χ4n) is 2.49. The molecule has 1 heterocycles. The first-order valence-electron chi connectivity index (χ1n) is 8.52. The molecule has 0 radical (unpaired) electrons. The van der Waals surface area contributed by atoms with E-state index in [9.17, 15) is 23.2 Å². The van der Waals surface area contributed by atoms with Crippen LogP contribution in [0.15, 0.2) is 24.3 Å². The molecule has 1 saturated heterocycles. The van der Waals surface area contributed by atoms with Crippen LogP contribution in [0.1, 0.15) is 41.5 Å². The minimum atomic E-state index is -1.51. The molecule has 1 aliphatic rings. The number of nitrogens with zero attached hydrogens (tertiary/aromatic N) is 1. The number of aromatic carboxylic acids is 1. The van der Waals surface area contributed by atoms with E-state index < -0.39 is 52.3 Å². The number of morpholine rings is 1. The summed E-state index contributed by atoms with van der Waals surface area (Å²) >= 11 is 0. The molecule has 1 aliphatic heterocycles. The number of ketones is 1. The molecule has 0 saturated carbocycles. The molecule has 2 rings (SSSR count). The van der Waals surface area contributed by atoms with Crippen molar-refractivity contribution < 1.29 is 37.7 Å². The van der Waals surface area contributed by atoms with Gasteiger partial charge in [0.1, 0.15) is 17.2 Å². The van der Waals surface area contributed by atoms with Crippen LogP contribution in [-0.2, 0) is 9.47 Å². The average Bonchev–Trinajstić information content (AvgIpc) is 2.58. The van der Waals surface area contributed by atoms with Gasteiger partial charge in [-0.2, -0.15) is 0 Å². The van der Waals surface area contributed by atoms with E-state index >= 15 is 0 Å². The zero-order valence-electron chi connectivity index (χ0n) is 15.7. The first kappa shape index (κ1) is 21.5. The van der Waals surface area contributed by atoms with Crippen LogP contribution in [-0.4, -0.2) is 59.3 Å². The third-order valence-electron chi connectivity index (χ3n) is 3.74. The zero-order chi connectivity index (χ0) is 21.1. The number of hydrogen-bond acceptors (Lipinski definition) is 5. The van der Waals surface area contributed by atoms with Crippen LogP contribution in [0.3, 0.4) is 0 Å². The molecule has 7 nitrogen and oxygen atoms in total. The van der Waals surface area contributed by atoms with Gasteiger partial charge >= 0.3 is 12.1 Å². The van der Waals surface area contributed by atoms with Gasteiger partial charge in [0, 0.05) is 6.54 Å². The van der Waals surface area contributed by atoms with E-state index in [4.69, 9.17) is 14.6 Å². The topological polar surface area (TPSA) is 93.1 Å². The monoisotopic (exact) mass is 397 g/mol. The summed E-state index contributed by atoms with van der Waals surface area (Å²) in [4.78, 5) is 36.5. The van der Waals surface area contributed by atoms with E-state index in [1.807, 2.05) is 0 Å². The molecule has 0 aliphatic carbocycles. The van der Waals surface area contributed by atoms with Crippen molar-refractivity contribution in [1.29, 1.82) is 0 Å². The maximum Gasteiger partial charge on any atom is 0.410 e. The highest BCUT2D eigenvalue weighted by Crippen LogP contribution is 2.18. The molecule has 1 aromatic carbocycles. The number of benzene rings is 1. The zero-order valence-corrected chi connectivity index (χ0v) is 15.7. The van der Waals surface area contributed by atoms with E-state index in [1.54, 1.807) is 20.8 Å². The summed E-state index contributed by atoms with van der Waals surface area (Å²) in [5, 5.41) is 8.79. The molecular weight excluding hydrogens is 376 g/mol. The van der Waals surface area contributed by atoms with Crippen molar-refractivity contribution in [2.75, 3.05) is 19.7 Å². The Morgan fingerprint density at radius 1 is 1.25 bits per heavy atom. The van der Waals surface area contributed by atoms with Crippen LogP contribution in [0.5, 0.6) is 0 Å². The van der Waals surface area contributed by atoms with Crippen LogP contribution in [0, 0.1) is 11.6 Å². The van der Waals surface area contributed by atoms with Crippen molar-refractivity contribution in [3.63, 3.8) is 0 Å². The molecule has 0 aromatic heterocycles. The van der Waals surface area contributed by atoms with Crippen LogP contribution in [0.2, 0.25) is 0 Å². The average molecular weight is 397 g/mol. The second kappa shape index (κ2) is 8.47. The Labute approximate surface area is 160 Å². The number of allylic oxidation sites excluding steroid dienone is 1. The van der Waals surface area contributed by atoms with Gasteiger partial charge in [-0.3, -0.25) is 4.79 Å². The van der Waals surface area contributed by atoms with Crippen LogP contribution < -0.4 is 0 Å². The second-order valence-electron chi connectivity index (χ2n) is 7.18. The van der Waals surface area contributed by atoms with Gasteiger partial charge in [0.05, 0.1) is 30.4 Å². The van der Waals surface area contributed by atoms with Crippen molar-refractivity contribution in [1.82, 2.24) is 4.90 Å². The predicted octanol–water partition coefficient (Wildman–Crippen LogP) is 3.04. The SMILES string of the molecule is CC(C)(C)OC(=O)N1CCOC(/C=C/C(=O)c2c(F)cc(C(=O)O)cc2F)C1. The molecule has 1 amide bonds. The lowest BCUT2D eigenvalue weighted by Gasteiger charge is -2.33. The van der Waals surface area contributed by atoms with E-state index in [0.717, 1.165) is 6.08 Å². The Kier molecular flexibility index (Phi) is 6.50. The largest absolute Gasteiger partial charge is 0.478 e. The Morgan fingerprint density at radius 3 is 2.39 bits per heavy atom. The number of ether oxygens (including phenoxy) is 2. The van der Waals surface area contributed by atoms with Crippen LogP contribution >= 0.6 is 0 Å². The lowest BCUT2D eigenvalue weighted by Crippen LogP contribution is -2.46. The standard InChI is InChI=1S/C19H21F2NO6/c1-19(2,3)28-18(26)22-6-7-27-12(10-22)4-5-15(23)16-13(20)8-11(17(24)25)9-14(16)21/h4-5,8-9,12H,6-7,10H2,1-3H3,(H,24,25)/b5-4+. The highest BCUT2D eigenvalue weighted by atomic mass is 19.1. The Morgan fingerprint density at radius 2 is 1.86 bits per heavy atom. The van der Waals surface area contributed by atoms with Gasteiger partial charge in [-0.15, -0.1) is 0 Å². The maximum absolute atomic E-state index is 14.0. The highest BCUT2D eigenvalue weighted by Gasteiger charge is 2.27. The number of carboxylic acids is 1. The highest BCUT2D eigenvalue weighted by molar-refractivity contribution is 6.05. The molecule has 0 bridgehead atoms. The summed E-state index contributed by atoms with van der Waals surface area (Å²) in [6.07, 6.45) is 1.05. The lowest BCUT2D eigenvalue weighted by molar-refractivity contribution is -0.0263. The molecule has 1 aromatic rings. The number of halogens is 2. The van der Waals surface area contributed by atoms with Gasteiger partial charge in [-0.1, -0.05) is 6.08 Å². The molecule has 9 heteroatoms. The second-order valence-corrected chi connectivity index (χ2v) is 7.18. The molecule has 1 N–H and O–H groups in total. The minimum absolute atomic E-state index is 0.113. The van der Waals surface area contributed by atoms with Crippen LogP contribution in [0.4, 0.5) is 13.6 Å². The van der Waals surface area contributed by atoms with Gasteiger partial charge in [-0.25, -0.2) is 18.4 Å². The van der Waals surface area contributed by atoms with Gasteiger partial charge in [-0.05, 0) is 39.0 Å². The first-order chi connectivity index (χ1) is 13.0. The summed E-state index contributed by atoms with van der Waals surface area (Å²) in [5.74, 6) is -5.03. The summed E-state index contributed by atoms with van der Waals surface area (Å²) < 4.78 is 38.6. The Balaban J connectivity index is 2.08. The number of rotatable bonds is 4. The number of hydrogen-bond donors (Lipinski definition) is 1. The van der Waals surface area contributed by atoms with Crippen molar-refractivity contribution in [2.24, 2.45) is 0 Å². The fraction of sp³-hybridized carbons (Fsp3) is 0.421. The van der Waals surface area contributed by atoms with E-state index in [1.165, 1.54) is 11.0 Å². The van der Waals surface area contributed by atoms with E-state index in [-0.39, 0.29) is 13.2 Å². The maximum atomic E-state index is 14.0. The molecule has 1 atom stereocenters. The van der Waals surface area contributed by atoms with Crippen molar-refractivity contribution in [3.8, 4) is 0 Å². The summed E-state index contributed by atoms with van der Waals surface area (Å²) in [6.45, 7) is 5.84. The smallest absolute Gasteiger partial charge is 0.410 e. The number of carbonyl (C=O) groups excluding carboxylic acids is 2. The first-order valence-corrected chi connectivity index (χ1v) is 8.52. The number of amides is 1. The number of carboxylic acid groups (broad SMARTS) is 1. The quantitative estimate of drug-likeness (QED) is 0.620. The molecule has 1 unspecified atom stereocenters. The summed E-state index contributed by atoms with van der Waals surface area (Å²) in [6, 6.07) is 1.15. The third-order valence-corrected chi connectivity index (χ3v) is 3.74. The lowest BCUT2D eigenvalue weighted by atomic mass is 10.1. The third kappa shape index (κ3) is 5.59. The van der Waals surface area contributed by atoms with Gasteiger partial charge in [0.25, 0.3) is 0 Å². The van der Waals surface area contributed by atoms with Crippen LogP contribution in [0.25, 0.3) is 0 Å². The van der Waals surface area contributed by atoms with E-state index in [0.29, 0.717) is 18.7 Å². The number of carbonyl (C=O) groups is 3. The Hall–Kier alpha value is -2.81. The molecule has 152 valence electrons. The van der Waals surface area contributed by atoms with Gasteiger partial charge in [0.2, 0.25) is 0 Å². The fourth-order valence-corrected chi connectivity index (χ4v) is 2.49. The predicted molar refractivity (Wildman–Crippen MR) is 94.3 cm³/mol. The van der Waals surface area contributed by atoms with Crippen molar-refractivity contribution in [3.05, 3.63) is 47.0 Å². The Bertz CT molecular complexity index is 792. The van der Waals surface area contributed by atoms with Gasteiger partial charge in [0.15, 0.2) is 5.78 Å². The van der Waals surface area contributed by atoms with Crippen molar-refractivity contribution >= 4 is 17.8 Å². The van der Waals surface area contributed by atoms with Gasteiger partial charge < -0.3 is 19.5 Å². The summed E-state index contributed by atoms with van der Waals surface area (Å²) in [5.41, 5.74) is -2.12. The summed E-state index contributed by atoms with van der Waals surface area (Å²) in [7, 11) is 0. The normalized spacial score (nSPS) is 17.6. The molecule has 1 fully saturated rings. The molecular formula is C19H21F2NO6. The minimum Gasteiger partial charge on any atom is -0.478 e. The molecule has 0 spiro atoms. The van der Waals surface area contributed by atoms with Crippen molar-refractivity contribution in [2.45, 2.75) is 32.5 Å². The molecule has 28 heavy (non-hydrogen) atoms.